The van der Waals surface area contributed by atoms with Gasteiger partial charge in [0.05, 0.1) is 20.8 Å². The summed E-state index contributed by atoms with van der Waals surface area (Å²) in [6.45, 7) is 7.38. The van der Waals surface area contributed by atoms with Crippen molar-refractivity contribution in [3.8, 4) is 11.5 Å². The predicted molar refractivity (Wildman–Crippen MR) is 90.3 cm³/mol. The van der Waals surface area contributed by atoms with E-state index in [1.807, 2.05) is 24.0 Å². The van der Waals surface area contributed by atoms with E-state index in [1.165, 1.54) is 0 Å². The first-order valence-corrected chi connectivity index (χ1v) is 7.47. The molecule has 1 aliphatic rings. The molecule has 120 valence electrons. The van der Waals surface area contributed by atoms with Crippen molar-refractivity contribution in [3.63, 3.8) is 0 Å². The van der Waals surface area contributed by atoms with Crippen LogP contribution in [0.5, 0.6) is 11.5 Å². The van der Waals surface area contributed by atoms with Crippen molar-refractivity contribution in [2.24, 2.45) is 0 Å². The number of nitrogens with zero attached hydrogens (tertiary/aromatic N) is 1. The summed E-state index contributed by atoms with van der Waals surface area (Å²) in [6.07, 6.45) is -0.682. The van der Waals surface area contributed by atoms with E-state index in [-0.39, 0.29) is 0 Å². The average Bonchev–Trinajstić information content (AvgIpc) is 2.51. The summed E-state index contributed by atoms with van der Waals surface area (Å²) in [5.74, 6) is 1.39. The number of β-amino-alcohol motifs (C(OH)–C–C–N with tert-alkyl or cyclic N) is 1. The minimum atomic E-state index is -0.682. The van der Waals surface area contributed by atoms with Gasteiger partial charge in [-0.05, 0) is 31.3 Å². The largest absolute Gasteiger partial charge is 0.496 e. The molecule has 0 unspecified atom stereocenters. The molecule has 0 bridgehead atoms. The standard InChI is InChI=1S/C16H22N2O3S/c1-10(2)7-17-16(22)18-8-11-13(20-3)5-6-14(21-4)15(11)12(19)9-18/h5-6,12,19H,1,7-9H2,2-4H3,(H,17,22)/t12-/m0/s1. The molecule has 2 rings (SSSR count). The first-order valence-electron chi connectivity index (χ1n) is 7.06. The second kappa shape index (κ2) is 6.98. The molecule has 1 aromatic carbocycles. The van der Waals surface area contributed by atoms with Gasteiger partial charge in [-0.25, -0.2) is 0 Å². The number of aliphatic hydroxyl groups is 1. The maximum Gasteiger partial charge on any atom is 0.169 e. The second-order valence-electron chi connectivity index (χ2n) is 5.37. The Bertz CT molecular complexity index is 589. The smallest absolute Gasteiger partial charge is 0.169 e. The summed E-state index contributed by atoms with van der Waals surface area (Å²) in [5.41, 5.74) is 2.68. The van der Waals surface area contributed by atoms with Crippen LogP contribution in [0, 0.1) is 0 Å². The van der Waals surface area contributed by atoms with E-state index in [0.717, 1.165) is 22.4 Å². The van der Waals surface area contributed by atoms with Gasteiger partial charge in [0.25, 0.3) is 0 Å². The number of hydrogen-bond acceptors (Lipinski definition) is 4. The summed E-state index contributed by atoms with van der Waals surface area (Å²) in [6, 6.07) is 3.66. The van der Waals surface area contributed by atoms with Crippen LogP contribution < -0.4 is 14.8 Å². The zero-order valence-electron chi connectivity index (χ0n) is 13.2. The lowest BCUT2D eigenvalue weighted by atomic mass is 9.95. The molecule has 0 radical (unpaired) electrons. The lowest BCUT2D eigenvalue weighted by Gasteiger charge is -2.35. The van der Waals surface area contributed by atoms with Gasteiger partial charge in [0.15, 0.2) is 5.11 Å². The number of aliphatic hydroxyl groups excluding tert-OH is 1. The number of fused-ring (bicyclic) bond motifs is 1. The first kappa shape index (κ1) is 16.6. The predicted octanol–water partition coefficient (Wildman–Crippen LogP) is 2.00. The van der Waals surface area contributed by atoms with Gasteiger partial charge in [-0.2, -0.15) is 0 Å². The van der Waals surface area contributed by atoms with Crippen molar-refractivity contribution in [2.45, 2.75) is 19.6 Å². The normalized spacial score (nSPS) is 16.7. The molecule has 2 N–H and O–H groups in total. The number of hydrogen-bond donors (Lipinski definition) is 2. The molecule has 0 amide bonds. The van der Waals surface area contributed by atoms with Crippen LogP contribution in [0.4, 0.5) is 0 Å². The first-order chi connectivity index (χ1) is 10.5. The molecule has 1 aromatic rings. The van der Waals surface area contributed by atoms with Crippen LogP contribution in [0.3, 0.4) is 0 Å². The monoisotopic (exact) mass is 322 g/mol. The molecule has 1 aliphatic heterocycles. The molecular weight excluding hydrogens is 300 g/mol. The topological polar surface area (TPSA) is 54.0 Å². The highest BCUT2D eigenvalue weighted by molar-refractivity contribution is 7.80. The summed E-state index contributed by atoms with van der Waals surface area (Å²) >= 11 is 5.41. The molecule has 6 heteroatoms. The van der Waals surface area contributed by atoms with Crippen molar-refractivity contribution in [3.05, 3.63) is 35.4 Å². The maximum atomic E-state index is 10.5. The van der Waals surface area contributed by atoms with E-state index in [0.29, 0.717) is 30.5 Å². The number of rotatable bonds is 4. The minimum absolute atomic E-state index is 0.415. The van der Waals surface area contributed by atoms with Crippen LogP contribution in [0.2, 0.25) is 0 Å². The lowest BCUT2D eigenvalue weighted by Crippen LogP contribution is -2.44. The molecule has 0 fully saturated rings. The van der Waals surface area contributed by atoms with Crippen LogP contribution in [0.1, 0.15) is 24.2 Å². The van der Waals surface area contributed by atoms with Crippen LogP contribution >= 0.6 is 12.2 Å². The van der Waals surface area contributed by atoms with E-state index < -0.39 is 6.10 Å². The van der Waals surface area contributed by atoms with Crippen molar-refractivity contribution in [1.29, 1.82) is 0 Å². The fourth-order valence-electron chi connectivity index (χ4n) is 2.57. The highest BCUT2D eigenvalue weighted by Gasteiger charge is 2.30. The van der Waals surface area contributed by atoms with Gasteiger partial charge in [-0.1, -0.05) is 12.2 Å². The Morgan fingerprint density at radius 2 is 2.05 bits per heavy atom. The van der Waals surface area contributed by atoms with Crippen molar-refractivity contribution in [2.75, 3.05) is 27.3 Å². The average molecular weight is 322 g/mol. The zero-order valence-corrected chi connectivity index (χ0v) is 14.0. The van der Waals surface area contributed by atoms with Crippen LogP contribution in [-0.2, 0) is 6.54 Å². The Morgan fingerprint density at radius 1 is 1.41 bits per heavy atom. The van der Waals surface area contributed by atoms with Gasteiger partial charge in [0.2, 0.25) is 0 Å². The Labute approximate surface area is 136 Å². The summed E-state index contributed by atoms with van der Waals surface area (Å²) < 4.78 is 10.8. The molecule has 0 aliphatic carbocycles. The number of benzene rings is 1. The van der Waals surface area contributed by atoms with Gasteiger partial charge in [-0.3, -0.25) is 0 Å². The third kappa shape index (κ3) is 3.34. The van der Waals surface area contributed by atoms with E-state index >= 15 is 0 Å². The third-order valence-corrected chi connectivity index (χ3v) is 4.02. The fourth-order valence-corrected chi connectivity index (χ4v) is 2.78. The molecule has 22 heavy (non-hydrogen) atoms. The molecular formula is C16H22N2O3S. The van der Waals surface area contributed by atoms with E-state index in [4.69, 9.17) is 21.7 Å². The minimum Gasteiger partial charge on any atom is -0.496 e. The van der Waals surface area contributed by atoms with E-state index in [1.54, 1.807) is 14.2 Å². The SMILES string of the molecule is C=C(C)CNC(=S)N1Cc2c(OC)ccc(OC)c2[C@@H](O)C1. The number of thiocarbonyl (C=S) groups is 1. The molecule has 1 heterocycles. The number of nitrogens with one attached hydrogen (secondary N) is 1. The summed E-state index contributed by atoms with van der Waals surface area (Å²) in [5, 5.41) is 14.2. The van der Waals surface area contributed by atoms with Crippen molar-refractivity contribution >= 4 is 17.3 Å². The molecule has 0 spiro atoms. The fraction of sp³-hybridized carbons (Fsp3) is 0.438. The van der Waals surface area contributed by atoms with Gasteiger partial charge in [0.1, 0.15) is 17.6 Å². The zero-order chi connectivity index (χ0) is 16.3. The third-order valence-electron chi connectivity index (χ3n) is 3.62. The number of methoxy groups -OCH3 is 2. The summed E-state index contributed by atoms with van der Waals surface area (Å²) in [7, 11) is 3.21. The van der Waals surface area contributed by atoms with Gasteiger partial charge in [0, 0.05) is 24.2 Å². The molecule has 1 atom stereocenters. The van der Waals surface area contributed by atoms with Gasteiger partial charge >= 0.3 is 0 Å². The van der Waals surface area contributed by atoms with Gasteiger partial charge in [-0.15, -0.1) is 0 Å². The Balaban J connectivity index is 2.28. The summed E-state index contributed by atoms with van der Waals surface area (Å²) in [4.78, 5) is 1.92. The number of ether oxygens (including phenoxy) is 2. The molecule has 0 saturated heterocycles. The van der Waals surface area contributed by atoms with Crippen molar-refractivity contribution in [1.82, 2.24) is 10.2 Å². The second-order valence-corrected chi connectivity index (χ2v) is 5.76. The molecule has 0 aromatic heterocycles. The maximum absolute atomic E-state index is 10.5. The Kier molecular flexibility index (Phi) is 5.26. The van der Waals surface area contributed by atoms with Crippen molar-refractivity contribution < 1.29 is 14.6 Å². The molecule has 0 saturated carbocycles. The highest BCUT2D eigenvalue weighted by atomic mass is 32.1. The van der Waals surface area contributed by atoms with Gasteiger partial charge < -0.3 is 24.8 Å². The quantitative estimate of drug-likeness (QED) is 0.653. The van der Waals surface area contributed by atoms with Crippen LogP contribution in [0.25, 0.3) is 0 Å². The van der Waals surface area contributed by atoms with Crippen LogP contribution in [-0.4, -0.2) is 42.4 Å². The Hall–Kier alpha value is -1.79. The van der Waals surface area contributed by atoms with E-state index in [2.05, 4.69) is 11.9 Å². The van der Waals surface area contributed by atoms with E-state index in [9.17, 15) is 5.11 Å². The van der Waals surface area contributed by atoms with Crippen LogP contribution in [0.15, 0.2) is 24.3 Å². The highest BCUT2D eigenvalue weighted by Crippen LogP contribution is 2.39. The lowest BCUT2D eigenvalue weighted by molar-refractivity contribution is 0.122. The Morgan fingerprint density at radius 3 is 2.64 bits per heavy atom. The molecule has 5 nitrogen and oxygen atoms in total.